The molecule has 144 valence electrons. The van der Waals surface area contributed by atoms with E-state index in [9.17, 15) is 14.7 Å². The zero-order valence-electron chi connectivity index (χ0n) is 15.4. The molecule has 0 fully saturated rings. The van der Waals surface area contributed by atoms with Crippen LogP contribution in [-0.2, 0) is 10.4 Å². The van der Waals surface area contributed by atoms with Gasteiger partial charge in [-0.15, -0.1) is 6.42 Å². The van der Waals surface area contributed by atoms with Crippen molar-refractivity contribution in [1.29, 1.82) is 0 Å². The number of Topliss-reactive ketones (excluding diaryl/α,β-unsaturated/α-hetero) is 1. The number of ether oxygens (including phenoxy) is 2. The molecule has 0 aliphatic carbocycles. The lowest BCUT2D eigenvalue weighted by Crippen LogP contribution is -2.42. The van der Waals surface area contributed by atoms with Crippen molar-refractivity contribution >= 4 is 33.3 Å². The third-order valence-corrected chi connectivity index (χ3v) is 5.16. The Bertz CT molecular complexity index is 997. The molecule has 0 aromatic heterocycles. The smallest absolute Gasteiger partial charge is 0.265 e. The van der Waals surface area contributed by atoms with E-state index in [1.807, 2.05) is 0 Å². The first-order chi connectivity index (χ1) is 13.3. The van der Waals surface area contributed by atoms with Gasteiger partial charge in [0.15, 0.2) is 22.9 Å². The molecule has 1 atom stereocenters. The van der Waals surface area contributed by atoms with Gasteiger partial charge in [0.05, 0.1) is 32.9 Å². The maximum absolute atomic E-state index is 12.9. The first-order valence-electron chi connectivity index (χ1n) is 8.38. The quantitative estimate of drug-likeness (QED) is 0.548. The molecule has 1 aliphatic rings. The molecule has 0 saturated carbocycles. The summed E-state index contributed by atoms with van der Waals surface area (Å²) in [4.78, 5) is 27.2. The first kappa shape index (κ1) is 19.9. The van der Waals surface area contributed by atoms with Gasteiger partial charge in [-0.3, -0.25) is 14.5 Å². The van der Waals surface area contributed by atoms with Crippen molar-refractivity contribution in [2.75, 3.05) is 25.7 Å². The number of hydrogen-bond acceptors (Lipinski definition) is 5. The molecule has 0 saturated heterocycles. The fourth-order valence-corrected chi connectivity index (χ4v) is 3.65. The summed E-state index contributed by atoms with van der Waals surface area (Å²) in [6.07, 6.45) is 4.95. The predicted octanol–water partition coefficient (Wildman–Crippen LogP) is 2.91. The lowest BCUT2D eigenvalue weighted by Gasteiger charge is -2.22. The van der Waals surface area contributed by atoms with Crippen molar-refractivity contribution in [2.45, 2.75) is 12.0 Å². The predicted molar refractivity (Wildman–Crippen MR) is 108 cm³/mol. The van der Waals surface area contributed by atoms with Gasteiger partial charge in [-0.05, 0) is 36.4 Å². The highest BCUT2D eigenvalue weighted by atomic mass is 79.9. The molecule has 0 bridgehead atoms. The van der Waals surface area contributed by atoms with E-state index >= 15 is 0 Å². The van der Waals surface area contributed by atoms with Gasteiger partial charge in [-0.25, -0.2) is 0 Å². The van der Waals surface area contributed by atoms with Crippen molar-refractivity contribution in [2.24, 2.45) is 0 Å². The second-order valence-electron chi connectivity index (χ2n) is 6.29. The van der Waals surface area contributed by atoms with Crippen molar-refractivity contribution < 1.29 is 24.2 Å². The van der Waals surface area contributed by atoms with E-state index in [-0.39, 0.29) is 6.54 Å². The maximum atomic E-state index is 12.9. The average molecular weight is 444 g/mol. The van der Waals surface area contributed by atoms with Crippen LogP contribution in [0, 0.1) is 12.3 Å². The number of ketones is 1. The first-order valence-corrected chi connectivity index (χ1v) is 9.18. The molecule has 1 unspecified atom stereocenters. The summed E-state index contributed by atoms with van der Waals surface area (Å²) < 4.78 is 11.1. The SMILES string of the molecule is C#CCN1C(=O)C(O)(CC(=O)c2ccc(OC)c(OC)c2)c2cc(Br)ccc21. The number of terminal acetylenes is 1. The van der Waals surface area contributed by atoms with E-state index in [0.29, 0.717) is 32.8 Å². The molecule has 1 heterocycles. The summed E-state index contributed by atoms with van der Waals surface area (Å²) in [6.45, 7) is 0.000322. The molecule has 0 spiro atoms. The number of halogens is 1. The molecule has 2 aromatic carbocycles. The summed E-state index contributed by atoms with van der Waals surface area (Å²) in [5.74, 6) is 2.24. The summed E-state index contributed by atoms with van der Waals surface area (Å²) >= 11 is 3.34. The zero-order chi connectivity index (χ0) is 20.5. The van der Waals surface area contributed by atoms with Gasteiger partial charge in [-0.1, -0.05) is 21.9 Å². The molecule has 2 aromatic rings. The molecular weight excluding hydrogens is 426 g/mol. The molecule has 0 radical (unpaired) electrons. The summed E-state index contributed by atoms with van der Waals surface area (Å²) in [7, 11) is 2.96. The van der Waals surface area contributed by atoms with E-state index in [0.717, 1.165) is 0 Å². The number of anilines is 1. The van der Waals surface area contributed by atoms with E-state index in [1.54, 1.807) is 30.3 Å². The third kappa shape index (κ3) is 3.26. The van der Waals surface area contributed by atoms with Gasteiger partial charge < -0.3 is 14.6 Å². The van der Waals surface area contributed by atoms with Crippen molar-refractivity contribution in [3.8, 4) is 23.8 Å². The van der Waals surface area contributed by atoms with E-state index in [1.165, 1.54) is 25.2 Å². The number of hydrogen-bond donors (Lipinski definition) is 1. The summed E-state index contributed by atoms with van der Waals surface area (Å²) in [5.41, 5.74) is -0.865. The van der Waals surface area contributed by atoms with Gasteiger partial charge in [-0.2, -0.15) is 0 Å². The monoisotopic (exact) mass is 443 g/mol. The number of methoxy groups -OCH3 is 2. The lowest BCUT2D eigenvalue weighted by molar-refractivity contribution is -0.135. The number of amides is 1. The largest absolute Gasteiger partial charge is 0.493 e. The molecular formula is C21H18BrNO5. The molecule has 1 amide bonds. The fraction of sp³-hybridized carbons (Fsp3) is 0.238. The minimum atomic E-state index is -2.00. The van der Waals surface area contributed by atoms with Crippen LogP contribution >= 0.6 is 15.9 Å². The van der Waals surface area contributed by atoms with Crippen molar-refractivity contribution in [3.63, 3.8) is 0 Å². The van der Waals surface area contributed by atoms with E-state index in [2.05, 4.69) is 21.9 Å². The highest BCUT2D eigenvalue weighted by Gasteiger charge is 2.50. The van der Waals surface area contributed by atoms with Crippen molar-refractivity contribution in [1.82, 2.24) is 0 Å². The minimum absolute atomic E-state index is 0.000322. The van der Waals surface area contributed by atoms with Gasteiger partial charge >= 0.3 is 0 Å². The van der Waals surface area contributed by atoms with Crippen LogP contribution in [0.3, 0.4) is 0 Å². The van der Waals surface area contributed by atoms with Crippen LogP contribution in [0.2, 0.25) is 0 Å². The van der Waals surface area contributed by atoms with Gasteiger partial charge in [0.2, 0.25) is 0 Å². The Morgan fingerprint density at radius 3 is 2.57 bits per heavy atom. The Kier molecular flexibility index (Phi) is 5.45. The Morgan fingerprint density at radius 2 is 1.93 bits per heavy atom. The van der Waals surface area contributed by atoms with Gasteiger partial charge in [0.25, 0.3) is 5.91 Å². The number of nitrogens with zero attached hydrogens (tertiary/aromatic N) is 1. The van der Waals surface area contributed by atoms with E-state index in [4.69, 9.17) is 15.9 Å². The molecule has 1 N–H and O–H groups in total. The van der Waals surface area contributed by atoms with Gasteiger partial charge in [0, 0.05) is 15.6 Å². The van der Waals surface area contributed by atoms with E-state index < -0.39 is 23.7 Å². The van der Waals surface area contributed by atoms with Crippen LogP contribution in [0.1, 0.15) is 22.3 Å². The minimum Gasteiger partial charge on any atom is -0.493 e. The second kappa shape index (κ2) is 7.66. The maximum Gasteiger partial charge on any atom is 0.265 e. The highest BCUT2D eigenvalue weighted by Crippen LogP contribution is 2.44. The average Bonchev–Trinajstić information content (AvgIpc) is 2.89. The van der Waals surface area contributed by atoms with Crippen LogP contribution in [-0.4, -0.2) is 37.6 Å². The summed E-state index contributed by atoms with van der Waals surface area (Å²) in [6, 6.07) is 9.75. The lowest BCUT2D eigenvalue weighted by atomic mass is 9.88. The second-order valence-corrected chi connectivity index (χ2v) is 7.20. The van der Waals surface area contributed by atoms with Crippen LogP contribution in [0.25, 0.3) is 0 Å². The van der Waals surface area contributed by atoms with Crippen molar-refractivity contribution in [3.05, 3.63) is 52.0 Å². The number of carbonyl (C=O) groups is 2. The number of aliphatic hydroxyl groups is 1. The number of carbonyl (C=O) groups excluding carboxylic acids is 2. The fourth-order valence-electron chi connectivity index (χ4n) is 3.29. The number of rotatable bonds is 6. The highest BCUT2D eigenvalue weighted by molar-refractivity contribution is 9.10. The van der Waals surface area contributed by atoms with Crippen LogP contribution in [0.4, 0.5) is 5.69 Å². The van der Waals surface area contributed by atoms with Gasteiger partial charge in [0.1, 0.15) is 0 Å². The van der Waals surface area contributed by atoms with Crippen LogP contribution in [0.15, 0.2) is 40.9 Å². The molecule has 28 heavy (non-hydrogen) atoms. The number of fused-ring (bicyclic) bond motifs is 1. The number of benzene rings is 2. The Morgan fingerprint density at radius 1 is 1.21 bits per heavy atom. The Labute approximate surface area is 171 Å². The molecule has 1 aliphatic heterocycles. The molecule has 6 nitrogen and oxygen atoms in total. The third-order valence-electron chi connectivity index (χ3n) is 4.67. The topological polar surface area (TPSA) is 76.1 Å². The standard InChI is InChI=1S/C21H18BrNO5/c1-4-9-23-16-7-6-14(22)11-15(16)21(26,20(23)25)12-17(24)13-5-8-18(27-2)19(10-13)28-3/h1,5-8,10-11,26H,9,12H2,2-3H3. The molecule has 3 rings (SSSR count). The van der Waals surface area contributed by atoms with Crippen LogP contribution in [0.5, 0.6) is 11.5 Å². The molecule has 7 heteroatoms. The normalized spacial score (nSPS) is 17.8. The summed E-state index contributed by atoms with van der Waals surface area (Å²) in [5, 5.41) is 11.2. The Balaban J connectivity index is 1.99. The zero-order valence-corrected chi connectivity index (χ0v) is 16.9. The van der Waals surface area contributed by atoms with Crippen LogP contribution < -0.4 is 14.4 Å². The Hall–Kier alpha value is -2.82.